The maximum absolute atomic E-state index is 11.3. The number of amides is 1. The zero-order chi connectivity index (χ0) is 14.3. The fourth-order valence-electron chi connectivity index (χ4n) is 1.14. The molecule has 1 amide bonds. The van der Waals surface area contributed by atoms with Gasteiger partial charge >= 0.3 is 5.97 Å². The number of anilines is 1. The second-order valence-electron chi connectivity index (χ2n) is 3.51. The van der Waals surface area contributed by atoms with Crippen LogP contribution >= 0.6 is 0 Å². The van der Waals surface area contributed by atoms with Gasteiger partial charge in [0.1, 0.15) is 12.0 Å². The van der Waals surface area contributed by atoms with Crippen molar-refractivity contribution in [2.45, 2.75) is 6.42 Å². The second kappa shape index (κ2) is 6.89. The summed E-state index contributed by atoms with van der Waals surface area (Å²) in [6.07, 6.45) is 0.923. The van der Waals surface area contributed by atoms with Gasteiger partial charge < -0.3 is 15.7 Å². The molecule has 0 spiro atoms. The Labute approximate surface area is 107 Å². The first-order valence-electron chi connectivity index (χ1n) is 5.32. The number of carbonyl (C=O) groups is 2. The third-order valence-electron chi connectivity index (χ3n) is 2.05. The molecule has 0 aliphatic carbocycles. The molecule has 0 aromatic carbocycles. The smallest absolute Gasteiger partial charge is 0.305 e. The fraction of sp³-hybridized carbons (Fsp3) is 0.300. The lowest BCUT2D eigenvalue weighted by Crippen LogP contribution is -2.31. The zero-order valence-corrected chi connectivity index (χ0v) is 9.83. The highest BCUT2D eigenvalue weighted by Crippen LogP contribution is 2.11. The Hall–Kier alpha value is -2.71. The molecule has 0 atom stereocenters. The van der Waals surface area contributed by atoms with Crippen LogP contribution in [-0.2, 0) is 9.59 Å². The predicted molar refractivity (Wildman–Crippen MR) is 64.6 cm³/mol. The third-order valence-corrected chi connectivity index (χ3v) is 2.05. The Morgan fingerprint density at radius 2 is 2.16 bits per heavy atom. The van der Waals surface area contributed by atoms with Gasteiger partial charge in [0, 0.05) is 12.6 Å². The first kappa shape index (κ1) is 14.4. The molecule has 0 fully saturated rings. The van der Waals surface area contributed by atoms with Gasteiger partial charge in [0.2, 0.25) is 5.91 Å². The summed E-state index contributed by atoms with van der Waals surface area (Å²) < 4.78 is 0. The number of hydrogen-bond acceptors (Lipinski definition) is 6. The van der Waals surface area contributed by atoms with Crippen molar-refractivity contribution in [1.82, 2.24) is 10.3 Å². The van der Waals surface area contributed by atoms with E-state index in [9.17, 15) is 19.7 Å². The van der Waals surface area contributed by atoms with Crippen molar-refractivity contribution < 1.29 is 19.6 Å². The summed E-state index contributed by atoms with van der Waals surface area (Å²) in [5.41, 5.74) is -0.142. The van der Waals surface area contributed by atoms with Crippen LogP contribution in [0.15, 0.2) is 18.3 Å². The molecule has 0 saturated heterocycles. The zero-order valence-electron chi connectivity index (χ0n) is 9.83. The normalized spacial score (nSPS) is 9.68. The third kappa shape index (κ3) is 5.44. The van der Waals surface area contributed by atoms with E-state index in [4.69, 9.17) is 5.11 Å². The van der Waals surface area contributed by atoms with Crippen LogP contribution in [0.3, 0.4) is 0 Å². The lowest BCUT2D eigenvalue weighted by Gasteiger charge is -2.05. The largest absolute Gasteiger partial charge is 0.481 e. The van der Waals surface area contributed by atoms with Gasteiger partial charge in [-0.2, -0.15) is 0 Å². The Morgan fingerprint density at radius 1 is 1.42 bits per heavy atom. The topological polar surface area (TPSA) is 134 Å². The Bertz CT molecular complexity index is 473. The van der Waals surface area contributed by atoms with Crippen LogP contribution < -0.4 is 10.6 Å². The number of pyridine rings is 1. The molecule has 1 heterocycles. The number of nitrogens with zero attached hydrogens (tertiary/aromatic N) is 2. The molecule has 0 unspecified atom stereocenters. The molecule has 19 heavy (non-hydrogen) atoms. The SMILES string of the molecule is O=C(O)CCNC(=O)CNc1ccc([N+](=O)[O-])cn1. The minimum Gasteiger partial charge on any atom is -0.481 e. The molecular formula is C10H12N4O5. The number of nitrogens with one attached hydrogen (secondary N) is 2. The van der Waals surface area contributed by atoms with Crippen LogP contribution in [0.4, 0.5) is 11.5 Å². The number of nitro groups is 1. The quantitative estimate of drug-likeness (QED) is 0.467. The molecule has 1 rings (SSSR count). The van der Waals surface area contributed by atoms with Gasteiger partial charge in [-0.1, -0.05) is 0 Å². The van der Waals surface area contributed by atoms with Crippen LogP contribution in [0.1, 0.15) is 6.42 Å². The van der Waals surface area contributed by atoms with E-state index in [1.54, 1.807) is 0 Å². The van der Waals surface area contributed by atoms with Crippen molar-refractivity contribution in [2.24, 2.45) is 0 Å². The number of rotatable bonds is 7. The molecule has 9 nitrogen and oxygen atoms in total. The van der Waals surface area contributed by atoms with Gasteiger partial charge in [-0.15, -0.1) is 0 Å². The minimum atomic E-state index is -0.995. The molecule has 102 valence electrons. The van der Waals surface area contributed by atoms with E-state index in [1.165, 1.54) is 12.1 Å². The summed E-state index contributed by atoms with van der Waals surface area (Å²) in [7, 11) is 0. The molecule has 9 heteroatoms. The van der Waals surface area contributed by atoms with Crippen molar-refractivity contribution in [1.29, 1.82) is 0 Å². The summed E-state index contributed by atoms with van der Waals surface area (Å²) in [6, 6.07) is 2.64. The van der Waals surface area contributed by atoms with Gasteiger partial charge in [-0.25, -0.2) is 4.98 Å². The molecule has 1 aromatic heterocycles. The Balaban J connectivity index is 2.33. The lowest BCUT2D eigenvalue weighted by atomic mass is 10.4. The standard InChI is InChI=1S/C10H12N4O5/c15-9(11-4-3-10(16)17)6-13-8-2-1-7(5-12-8)14(18)19/h1-2,5H,3-4,6H2,(H,11,15)(H,12,13)(H,16,17). The maximum atomic E-state index is 11.3. The van der Waals surface area contributed by atoms with E-state index in [-0.39, 0.29) is 31.1 Å². The van der Waals surface area contributed by atoms with Gasteiger partial charge in [-0.05, 0) is 6.07 Å². The second-order valence-corrected chi connectivity index (χ2v) is 3.51. The lowest BCUT2D eigenvalue weighted by molar-refractivity contribution is -0.385. The van der Waals surface area contributed by atoms with Crippen LogP contribution in [0.2, 0.25) is 0 Å². The van der Waals surface area contributed by atoms with E-state index in [2.05, 4.69) is 15.6 Å². The van der Waals surface area contributed by atoms with Crippen LogP contribution in [0.5, 0.6) is 0 Å². The fourth-order valence-corrected chi connectivity index (χ4v) is 1.14. The first-order valence-corrected chi connectivity index (χ1v) is 5.32. The molecule has 0 radical (unpaired) electrons. The highest BCUT2D eigenvalue weighted by atomic mass is 16.6. The van der Waals surface area contributed by atoms with Gasteiger partial charge in [0.15, 0.2) is 0 Å². The van der Waals surface area contributed by atoms with E-state index in [1.807, 2.05) is 0 Å². The summed E-state index contributed by atoms with van der Waals surface area (Å²) in [5.74, 6) is -1.06. The molecule has 0 saturated carbocycles. The molecule has 3 N–H and O–H groups in total. The summed E-state index contributed by atoms with van der Waals surface area (Å²) >= 11 is 0. The van der Waals surface area contributed by atoms with Gasteiger partial charge in [-0.3, -0.25) is 19.7 Å². The molecule has 0 bridgehead atoms. The van der Waals surface area contributed by atoms with Crippen LogP contribution in [0, 0.1) is 10.1 Å². The number of carbonyl (C=O) groups excluding carboxylic acids is 1. The minimum absolute atomic E-state index is 0.0452. The van der Waals surface area contributed by atoms with Crippen molar-refractivity contribution in [3.8, 4) is 0 Å². The van der Waals surface area contributed by atoms with Crippen molar-refractivity contribution in [3.63, 3.8) is 0 Å². The molecule has 1 aromatic rings. The summed E-state index contributed by atoms with van der Waals surface area (Å²) in [5, 5.41) is 23.8. The van der Waals surface area contributed by atoms with E-state index in [0.717, 1.165) is 6.20 Å². The van der Waals surface area contributed by atoms with Crippen LogP contribution in [-0.4, -0.2) is 40.0 Å². The molecule has 0 aliphatic heterocycles. The van der Waals surface area contributed by atoms with E-state index < -0.39 is 10.9 Å². The maximum Gasteiger partial charge on any atom is 0.305 e. The monoisotopic (exact) mass is 268 g/mol. The average molecular weight is 268 g/mol. The number of carboxylic acids is 1. The van der Waals surface area contributed by atoms with Crippen LogP contribution in [0.25, 0.3) is 0 Å². The number of carboxylic acid groups (broad SMARTS) is 1. The summed E-state index contributed by atoms with van der Waals surface area (Å²) in [4.78, 5) is 35.0. The number of hydrogen-bond donors (Lipinski definition) is 3. The molecule has 0 aliphatic rings. The Kier molecular flexibility index (Phi) is 5.20. The molecular weight excluding hydrogens is 256 g/mol. The van der Waals surface area contributed by atoms with E-state index >= 15 is 0 Å². The first-order chi connectivity index (χ1) is 8.99. The van der Waals surface area contributed by atoms with Crippen molar-refractivity contribution >= 4 is 23.4 Å². The average Bonchev–Trinajstić information content (AvgIpc) is 2.36. The van der Waals surface area contributed by atoms with Crippen molar-refractivity contribution in [2.75, 3.05) is 18.4 Å². The number of aromatic nitrogens is 1. The van der Waals surface area contributed by atoms with Gasteiger partial charge in [0.05, 0.1) is 17.9 Å². The number of aliphatic carboxylic acids is 1. The Morgan fingerprint density at radius 3 is 2.68 bits per heavy atom. The van der Waals surface area contributed by atoms with E-state index in [0.29, 0.717) is 5.82 Å². The highest BCUT2D eigenvalue weighted by molar-refractivity contribution is 5.80. The van der Waals surface area contributed by atoms with Gasteiger partial charge in [0.25, 0.3) is 5.69 Å². The highest BCUT2D eigenvalue weighted by Gasteiger charge is 2.06. The summed E-state index contributed by atoms with van der Waals surface area (Å²) in [6.45, 7) is -0.0477. The van der Waals surface area contributed by atoms with Crippen molar-refractivity contribution in [3.05, 3.63) is 28.4 Å². The predicted octanol–water partition coefficient (Wildman–Crippen LogP) is -0.00740.